The molecule has 80 valence electrons. The molecule has 0 fully saturated rings. The fourth-order valence-electron chi connectivity index (χ4n) is 0.960. The maximum atomic E-state index is 12.3. The molecule has 0 aliphatic rings. The van der Waals surface area contributed by atoms with Gasteiger partial charge in [0, 0.05) is 14.7 Å². The van der Waals surface area contributed by atoms with Crippen LogP contribution in [0.25, 0.3) is 0 Å². The summed E-state index contributed by atoms with van der Waals surface area (Å²) in [7, 11) is 0. The van der Waals surface area contributed by atoms with E-state index < -0.39 is 17.8 Å². The second-order valence-electron chi connectivity index (χ2n) is 2.75. The molecule has 0 saturated heterocycles. The Labute approximate surface area is 91.7 Å². The van der Waals surface area contributed by atoms with Crippen molar-refractivity contribution in [2.24, 2.45) is 0 Å². The van der Waals surface area contributed by atoms with Gasteiger partial charge in [-0.3, -0.25) is 0 Å². The molecule has 1 aromatic rings. The number of hydrogen-bond donors (Lipinski definition) is 1. The van der Waals surface area contributed by atoms with Crippen LogP contribution < -0.4 is 0 Å². The smallest absolute Gasteiger partial charge is 0.388 e. The van der Waals surface area contributed by atoms with Gasteiger partial charge in [0.15, 0.2) is 0 Å². The third-order valence-electron chi connectivity index (χ3n) is 1.75. The minimum Gasteiger partial charge on any atom is -0.388 e. The third-order valence-corrected chi connectivity index (χ3v) is 3.95. The van der Waals surface area contributed by atoms with Crippen molar-refractivity contribution in [3.05, 3.63) is 20.3 Å². The minimum absolute atomic E-state index is 0.0376. The van der Waals surface area contributed by atoms with Gasteiger partial charge in [0.1, 0.15) is 0 Å². The Hall–Kier alpha value is -0.0700. The molecule has 0 radical (unpaired) electrons. The molecule has 1 atom stereocenters. The summed E-state index contributed by atoms with van der Waals surface area (Å²) < 4.78 is 36.9. The lowest BCUT2D eigenvalue weighted by Crippen LogP contribution is -2.04. The van der Waals surface area contributed by atoms with Gasteiger partial charge in [0.2, 0.25) is 0 Å². The fraction of sp³-hybridized carbons (Fsp3) is 0.500. The molecular formula is C8H8BrF3OS. The number of hydrogen-bond acceptors (Lipinski definition) is 2. The summed E-state index contributed by atoms with van der Waals surface area (Å²) in [5.74, 6) is 0. The monoisotopic (exact) mass is 288 g/mol. The molecule has 0 aromatic carbocycles. The number of alkyl halides is 3. The van der Waals surface area contributed by atoms with Crippen LogP contribution in [-0.4, -0.2) is 5.11 Å². The Morgan fingerprint density at radius 2 is 2.14 bits per heavy atom. The Bertz CT molecular complexity index is 321. The first kappa shape index (κ1) is 12.0. The summed E-state index contributed by atoms with van der Waals surface area (Å²) in [6.45, 7) is 1.71. The highest BCUT2D eigenvalue weighted by Gasteiger charge is 2.35. The Morgan fingerprint density at radius 1 is 1.57 bits per heavy atom. The zero-order valence-corrected chi connectivity index (χ0v) is 9.63. The molecule has 0 unspecified atom stereocenters. The highest BCUT2D eigenvalue weighted by molar-refractivity contribution is 9.10. The predicted molar refractivity (Wildman–Crippen MR) is 52.3 cm³/mol. The van der Waals surface area contributed by atoms with E-state index in [4.69, 9.17) is 0 Å². The molecule has 1 rings (SSSR count). The molecule has 14 heavy (non-hydrogen) atoms. The second-order valence-corrected chi connectivity index (χ2v) is 4.45. The Morgan fingerprint density at radius 3 is 2.50 bits per heavy atom. The van der Waals surface area contributed by atoms with Crippen LogP contribution in [0, 0.1) is 0 Å². The van der Waals surface area contributed by atoms with E-state index in [0.29, 0.717) is 11.3 Å². The summed E-state index contributed by atoms with van der Waals surface area (Å²) in [6.07, 6.45) is -4.79. The number of halogens is 4. The summed E-state index contributed by atoms with van der Waals surface area (Å²) in [5.41, 5.74) is -0.718. The molecule has 6 heteroatoms. The molecule has 1 nitrogen and oxygen atoms in total. The van der Waals surface area contributed by atoms with E-state index in [-0.39, 0.29) is 4.47 Å². The summed E-state index contributed by atoms with van der Waals surface area (Å²) >= 11 is 3.78. The predicted octanol–water partition coefficient (Wildman–Crippen LogP) is 3.97. The van der Waals surface area contributed by atoms with Crippen molar-refractivity contribution in [3.8, 4) is 0 Å². The second kappa shape index (κ2) is 4.20. The van der Waals surface area contributed by atoms with Gasteiger partial charge in [-0.15, -0.1) is 11.3 Å². The van der Waals surface area contributed by atoms with Crippen LogP contribution in [0.15, 0.2) is 9.85 Å². The summed E-state index contributed by atoms with van der Waals surface area (Å²) in [5, 5.41) is 10.4. The van der Waals surface area contributed by atoms with Gasteiger partial charge >= 0.3 is 6.18 Å². The van der Waals surface area contributed by atoms with E-state index in [0.717, 1.165) is 16.7 Å². The summed E-state index contributed by atoms with van der Waals surface area (Å²) in [4.78, 5) is 0.333. The van der Waals surface area contributed by atoms with Gasteiger partial charge in [0.25, 0.3) is 0 Å². The molecular weight excluding hydrogens is 281 g/mol. The number of rotatable bonds is 2. The zero-order valence-electron chi connectivity index (χ0n) is 7.23. The zero-order chi connectivity index (χ0) is 10.9. The molecule has 0 aliphatic heterocycles. The lowest BCUT2D eigenvalue weighted by molar-refractivity contribution is -0.137. The van der Waals surface area contributed by atoms with E-state index in [1.165, 1.54) is 0 Å². The minimum atomic E-state index is -4.36. The molecule has 0 bridgehead atoms. The van der Waals surface area contributed by atoms with Crippen LogP contribution in [0.2, 0.25) is 0 Å². The maximum absolute atomic E-state index is 12.3. The number of aliphatic hydroxyl groups is 1. The molecule has 1 heterocycles. The summed E-state index contributed by atoms with van der Waals surface area (Å²) in [6, 6.07) is 0. The first-order valence-corrected chi connectivity index (χ1v) is 5.57. The highest BCUT2D eigenvalue weighted by Crippen LogP contribution is 2.42. The largest absolute Gasteiger partial charge is 0.418 e. The van der Waals surface area contributed by atoms with Crippen molar-refractivity contribution in [2.45, 2.75) is 25.6 Å². The quantitative estimate of drug-likeness (QED) is 0.873. The van der Waals surface area contributed by atoms with Crippen molar-refractivity contribution >= 4 is 27.3 Å². The standard InChI is InChI=1S/C8H8BrF3OS/c1-2-5(13)7-6(9)4(3-14-7)8(10,11)12/h3,5,13H,2H2,1H3/t5-/m0/s1. The lowest BCUT2D eigenvalue weighted by atomic mass is 10.2. The van der Waals surface area contributed by atoms with Crippen molar-refractivity contribution in [2.75, 3.05) is 0 Å². The maximum Gasteiger partial charge on any atom is 0.418 e. The Balaban J connectivity index is 3.09. The van der Waals surface area contributed by atoms with E-state index in [9.17, 15) is 18.3 Å². The van der Waals surface area contributed by atoms with Gasteiger partial charge < -0.3 is 5.11 Å². The van der Waals surface area contributed by atoms with Gasteiger partial charge in [-0.25, -0.2) is 0 Å². The first-order valence-electron chi connectivity index (χ1n) is 3.90. The third kappa shape index (κ3) is 2.29. The van der Waals surface area contributed by atoms with E-state index >= 15 is 0 Å². The van der Waals surface area contributed by atoms with E-state index in [1.54, 1.807) is 6.92 Å². The van der Waals surface area contributed by atoms with Crippen molar-refractivity contribution in [1.82, 2.24) is 0 Å². The molecule has 1 aromatic heterocycles. The van der Waals surface area contributed by atoms with Crippen molar-refractivity contribution < 1.29 is 18.3 Å². The molecule has 1 N–H and O–H groups in total. The van der Waals surface area contributed by atoms with Crippen molar-refractivity contribution in [1.29, 1.82) is 0 Å². The normalized spacial score (nSPS) is 14.4. The lowest BCUT2D eigenvalue weighted by Gasteiger charge is -2.07. The highest BCUT2D eigenvalue weighted by atomic mass is 79.9. The van der Waals surface area contributed by atoms with Gasteiger partial charge in [-0.2, -0.15) is 13.2 Å². The van der Waals surface area contributed by atoms with Crippen LogP contribution in [0.1, 0.15) is 29.9 Å². The molecule has 0 amide bonds. The van der Waals surface area contributed by atoms with Crippen LogP contribution >= 0.6 is 27.3 Å². The average Bonchev–Trinajstić information content (AvgIpc) is 2.45. The van der Waals surface area contributed by atoms with Gasteiger partial charge in [0.05, 0.1) is 11.7 Å². The number of thiophene rings is 1. The first-order chi connectivity index (χ1) is 6.38. The van der Waals surface area contributed by atoms with Crippen LogP contribution in [-0.2, 0) is 6.18 Å². The van der Waals surface area contributed by atoms with E-state index in [2.05, 4.69) is 15.9 Å². The average molecular weight is 289 g/mol. The molecule has 0 spiro atoms. The van der Waals surface area contributed by atoms with Crippen molar-refractivity contribution in [3.63, 3.8) is 0 Å². The van der Waals surface area contributed by atoms with Gasteiger partial charge in [-0.1, -0.05) is 6.92 Å². The van der Waals surface area contributed by atoms with Crippen LogP contribution in [0.5, 0.6) is 0 Å². The molecule has 0 saturated carbocycles. The number of aliphatic hydroxyl groups excluding tert-OH is 1. The SMILES string of the molecule is CC[C@H](O)c1scc(C(F)(F)F)c1Br. The fourth-order valence-corrected chi connectivity index (χ4v) is 3.03. The van der Waals surface area contributed by atoms with Crippen LogP contribution in [0.3, 0.4) is 0 Å². The molecule has 0 aliphatic carbocycles. The topological polar surface area (TPSA) is 20.2 Å². The van der Waals surface area contributed by atoms with Crippen LogP contribution in [0.4, 0.5) is 13.2 Å². The van der Waals surface area contributed by atoms with Gasteiger partial charge in [-0.05, 0) is 22.4 Å². The van der Waals surface area contributed by atoms with E-state index in [1.807, 2.05) is 0 Å². The Kier molecular flexibility index (Phi) is 3.60.